The Morgan fingerprint density at radius 3 is 2.74 bits per heavy atom. The van der Waals surface area contributed by atoms with Gasteiger partial charge in [0.15, 0.2) is 0 Å². The van der Waals surface area contributed by atoms with Gasteiger partial charge in [-0.15, -0.1) is 0 Å². The van der Waals surface area contributed by atoms with E-state index in [4.69, 9.17) is 4.74 Å². The lowest BCUT2D eigenvalue weighted by Gasteiger charge is -2.54. The van der Waals surface area contributed by atoms with E-state index in [2.05, 4.69) is 20.4 Å². The number of hydrogen-bond acceptors (Lipinski definition) is 3. The van der Waals surface area contributed by atoms with Crippen molar-refractivity contribution in [2.24, 2.45) is 34.5 Å². The number of carbonyl (C=O) groups is 1. The minimum absolute atomic E-state index is 0.00271. The molecular weight excluding hydrogens is 288 g/mol. The Morgan fingerprint density at radius 2 is 1.96 bits per heavy atom. The molecule has 4 fully saturated rings. The molecule has 0 bridgehead atoms. The van der Waals surface area contributed by atoms with Crippen LogP contribution in [-0.4, -0.2) is 23.8 Å². The highest BCUT2D eigenvalue weighted by atomic mass is 16.5. The van der Waals surface area contributed by atoms with Crippen LogP contribution in [0.3, 0.4) is 0 Å². The number of aliphatic hydroxyl groups is 1. The van der Waals surface area contributed by atoms with Gasteiger partial charge in [0.2, 0.25) is 0 Å². The van der Waals surface area contributed by atoms with Crippen molar-refractivity contribution >= 4 is 5.97 Å². The van der Waals surface area contributed by atoms with Gasteiger partial charge in [-0.25, -0.2) is 0 Å². The van der Waals surface area contributed by atoms with Crippen molar-refractivity contribution in [3.63, 3.8) is 0 Å². The third kappa shape index (κ3) is 2.08. The number of fused-ring (bicyclic) bond motifs is 5. The van der Waals surface area contributed by atoms with Crippen molar-refractivity contribution in [3.8, 4) is 0 Å². The Balaban J connectivity index is 1.71. The predicted octanol–water partition coefficient (Wildman–Crippen LogP) is 3.71. The summed E-state index contributed by atoms with van der Waals surface area (Å²) >= 11 is 0. The molecule has 1 aliphatic heterocycles. The van der Waals surface area contributed by atoms with Crippen LogP contribution in [0.2, 0.25) is 0 Å². The SMILES string of the molecule is C=C1CC[C@H]2[C@@H]3COC(=O)[C@H]4C[C@@H](O)CC[C@]4(C)[C@H]3CC[C@]12C. The summed E-state index contributed by atoms with van der Waals surface area (Å²) in [5.74, 6) is 1.47. The number of rotatable bonds is 0. The first-order valence-corrected chi connectivity index (χ1v) is 9.39. The fourth-order valence-corrected chi connectivity index (χ4v) is 6.64. The summed E-state index contributed by atoms with van der Waals surface area (Å²) in [6.07, 6.45) is 6.77. The first-order valence-electron chi connectivity index (χ1n) is 9.39. The molecule has 0 unspecified atom stereocenters. The van der Waals surface area contributed by atoms with Gasteiger partial charge in [-0.05, 0) is 67.6 Å². The molecule has 0 aromatic carbocycles. The van der Waals surface area contributed by atoms with E-state index in [1.165, 1.54) is 24.8 Å². The molecule has 1 saturated heterocycles. The zero-order valence-corrected chi connectivity index (χ0v) is 14.5. The molecule has 128 valence electrons. The van der Waals surface area contributed by atoms with E-state index in [1.807, 2.05) is 0 Å². The number of hydrogen-bond donors (Lipinski definition) is 1. The van der Waals surface area contributed by atoms with Crippen LogP contribution in [0.25, 0.3) is 0 Å². The van der Waals surface area contributed by atoms with Gasteiger partial charge >= 0.3 is 5.97 Å². The molecule has 0 spiro atoms. The fourth-order valence-electron chi connectivity index (χ4n) is 6.64. The monoisotopic (exact) mass is 318 g/mol. The van der Waals surface area contributed by atoms with Gasteiger partial charge < -0.3 is 9.84 Å². The molecule has 0 aromatic rings. The van der Waals surface area contributed by atoms with Gasteiger partial charge in [0.1, 0.15) is 0 Å². The average molecular weight is 318 g/mol. The van der Waals surface area contributed by atoms with Crippen LogP contribution in [0.4, 0.5) is 0 Å². The molecule has 0 amide bonds. The Bertz CT molecular complexity index is 541. The number of carbonyl (C=O) groups excluding carboxylic acids is 1. The van der Waals surface area contributed by atoms with Crippen molar-refractivity contribution in [1.29, 1.82) is 0 Å². The quantitative estimate of drug-likeness (QED) is 0.547. The van der Waals surface area contributed by atoms with Crippen molar-refractivity contribution in [2.45, 2.75) is 64.9 Å². The molecule has 0 radical (unpaired) electrons. The van der Waals surface area contributed by atoms with Crippen molar-refractivity contribution in [1.82, 2.24) is 0 Å². The molecule has 7 atom stereocenters. The average Bonchev–Trinajstić information content (AvgIpc) is 2.77. The predicted molar refractivity (Wildman–Crippen MR) is 88.6 cm³/mol. The van der Waals surface area contributed by atoms with E-state index >= 15 is 0 Å². The zero-order valence-electron chi connectivity index (χ0n) is 14.5. The standard InChI is InChI=1S/C20H30O3/c1-12-4-5-15-14-11-23-18(22)17-10-13(21)6-8-20(17,3)16(14)7-9-19(12,15)2/h13-17,21H,1,4-11H2,2-3H3/t13-,14-,15-,16-,17+,19+,20+/m0/s1. The van der Waals surface area contributed by atoms with Crippen LogP contribution < -0.4 is 0 Å². The van der Waals surface area contributed by atoms with Crippen LogP contribution in [0.15, 0.2) is 12.2 Å². The van der Waals surface area contributed by atoms with E-state index in [9.17, 15) is 9.90 Å². The highest BCUT2D eigenvalue weighted by Crippen LogP contribution is 2.64. The molecule has 0 aromatic heterocycles. The fraction of sp³-hybridized carbons (Fsp3) is 0.850. The van der Waals surface area contributed by atoms with Gasteiger partial charge in [-0.1, -0.05) is 26.0 Å². The number of allylic oxidation sites excluding steroid dienone is 1. The molecule has 3 nitrogen and oxygen atoms in total. The lowest BCUT2D eigenvalue weighted by atomic mass is 9.50. The molecule has 23 heavy (non-hydrogen) atoms. The lowest BCUT2D eigenvalue weighted by Crippen LogP contribution is -2.50. The molecular formula is C20H30O3. The van der Waals surface area contributed by atoms with Gasteiger partial charge in [-0.2, -0.15) is 0 Å². The summed E-state index contributed by atoms with van der Waals surface area (Å²) < 4.78 is 5.76. The minimum atomic E-state index is -0.336. The number of aliphatic hydroxyl groups excluding tert-OH is 1. The molecule has 4 aliphatic rings. The smallest absolute Gasteiger partial charge is 0.309 e. The van der Waals surface area contributed by atoms with Crippen molar-refractivity contribution < 1.29 is 14.6 Å². The number of esters is 1. The lowest BCUT2D eigenvalue weighted by molar-refractivity contribution is -0.155. The highest BCUT2D eigenvalue weighted by molar-refractivity contribution is 5.74. The normalized spacial score (nSPS) is 52.9. The van der Waals surface area contributed by atoms with Crippen LogP contribution in [0, 0.1) is 34.5 Å². The van der Waals surface area contributed by atoms with Crippen LogP contribution in [-0.2, 0) is 9.53 Å². The van der Waals surface area contributed by atoms with Crippen LogP contribution in [0.1, 0.15) is 58.8 Å². The second kappa shape index (κ2) is 5.08. The minimum Gasteiger partial charge on any atom is -0.465 e. The van der Waals surface area contributed by atoms with Gasteiger partial charge in [0, 0.05) is 5.92 Å². The second-order valence-corrected chi connectivity index (χ2v) is 9.09. The topological polar surface area (TPSA) is 46.5 Å². The summed E-state index contributed by atoms with van der Waals surface area (Å²) in [6.45, 7) is 9.63. The van der Waals surface area contributed by atoms with E-state index in [0.29, 0.717) is 30.8 Å². The van der Waals surface area contributed by atoms with Crippen molar-refractivity contribution in [3.05, 3.63) is 12.2 Å². The Kier molecular flexibility index (Phi) is 3.46. The van der Waals surface area contributed by atoms with Crippen molar-refractivity contribution in [2.75, 3.05) is 6.61 Å². The number of cyclic esters (lactones) is 1. The van der Waals surface area contributed by atoms with E-state index in [-0.39, 0.29) is 28.8 Å². The Labute approximate surface area is 139 Å². The summed E-state index contributed by atoms with van der Waals surface area (Å²) in [5, 5.41) is 10.1. The molecule has 1 N–H and O–H groups in total. The maximum atomic E-state index is 12.6. The maximum Gasteiger partial charge on any atom is 0.309 e. The van der Waals surface area contributed by atoms with Crippen LogP contribution in [0.5, 0.6) is 0 Å². The third-order valence-corrected chi connectivity index (χ3v) is 8.26. The molecule has 3 saturated carbocycles. The van der Waals surface area contributed by atoms with Gasteiger partial charge in [0.25, 0.3) is 0 Å². The highest BCUT2D eigenvalue weighted by Gasteiger charge is 2.59. The zero-order chi connectivity index (χ0) is 16.4. The Hall–Kier alpha value is -0.830. The first-order chi connectivity index (χ1) is 10.9. The summed E-state index contributed by atoms with van der Waals surface area (Å²) in [5.41, 5.74) is 1.66. The molecule has 3 aliphatic carbocycles. The van der Waals surface area contributed by atoms with E-state index in [0.717, 1.165) is 19.3 Å². The van der Waals surface area contributed by atoms with E-state index < -0.39 is 0 Å². The van der Waals surface area contributed by atoms with E-state index in [1.54, 1.807) is 0 Å². The Morgan fingerprint density at radius 1 is 1.17 bits per heavy atom. The molecule has 1 heterocycles. The van der Waals surface area contributed by atoms with Gasteiger partial charge in [-0.3, -0.25) is 4.79 Å². The third-order valence-electron chi connectivity index (χ3n) is 8.26. The molecule has 4 rings (SSSR count). The first kappa shape index (κ1) is 15.7. The molecule has 3 heteroatoms. The maximum absolute atomic E-state index is 12.6. The van der Waals surface area contributed by atoms with Crippen LogP contribution >= 0.6 is 0 Å². The summed E-state index contributed by atoms with van der Waals surface area (Å²) in [7, 11) is 0. The number of ether oxygens (including phenoxy) is 1. The summed E-state index contributed by atoms with van der Waals surface area (Å²) in [4.78, 5) is 12.6. The summed E-state index contributed by atoms with van der Waals surface area (Å²) in [6, 6.07) is 0. The van der Waals surface area contributed by atoms with Gasteiger partial charge in [0.05, 0.1) is 18.6 Å². The largest absolute Gasteiger partial charge is 0.465 e. The second-order valence-electron chi connectivity index (χ2n) is 9.09.